The van der Waals surface area contributed by atoms with Crippen LogP contribution in [-0.4, -0.2) is 57.5 Å². The van der Waals surface area contributed by atoms with Gasteiger partial charge in [-0.3, -0.25) is 4.68 Å². The molecule has 2 heterocycles. The molecule has 0 radical (unpaired) electrons. The normalized spacial score (nSPS) is 20.5. The van der Waals surface area contributed by atoms with E-state index in [4.69, 9.17) is 4.74 Å². The second-order valence-electron chi connectivity index (χ2n) is 5.88. The van der Waals surface area contributed by atoms with E-state index in [0.717, 1.165) is 45.4 Å². The molecule has 7 nitrogen and oxygen atoms in total. The van der Waals surface area contributed by atoms with E-state index in [1.807, 2.05) is 11.8 Å². The minimum Gasteiger partial charge on any atom is -0.378 e. The number of aromatic nitrogens is 3. The van der Waals surface area contributed by atoms with Crippen molar-refractivity contribution in [2.75, 3.05) is 19.7 Å². The van der Waals surface area contributed by atoms with Crippen molar-refractivity contribution in [2.45, 2.75) is 58.2 Å². The molecule has 1 aromatic rings. The molecular formula is C15H27N5O2. The Balaban J connectivity index is 1.74. The zero-order chi connectivity index (χ0) is 15.8. The third kappa shape index (κ3) is 5.29. The van der Waals surface area contributed by atoms with Crippen molar-refractivity contribution in [3.05, 3.63) is 12.7 Å². The standard InChI is InChI=1S/C15H27N5O2/c1-3-9-22-14-5-4-7-19(8-6-14)15(21)18-13(2)10-20-12-16-11-17-20/h11-14H,3-10H2,1-2H3,(H,18,21). The minimum atomic E-state index is 0.00348. The topological polar surface area (TPSA) is 72.3 Å². The van der Waals surface area contributed by atoms with E-state index in [-0.39, 0.29) is 12.1 Å². The van der Waals surface area contributed by atoms with Crippen LogP contribution in [0.3, 0.4) is 0 Å². The van der Waals surface area contributed by atoms with E-state index in [2.05, 4.69) is 22.3 Å². The molecule has 7 heteroatoms. The molecule has 0 spiro atoms. The summed E-state index contributed by atoms with van der Waals surface area (Å²) in [6.07, 6.45) is 7.46. The van der Waals surface area contributed by atoms with Gasteiger partial charge in [0.15, 0.2) is 0 Å². The molecule has 2 amide bonds. The SMILES string of the molecule is CCCOC1CCCN(C(=O)NC(C)Cn2cncn2)CC1. The van der Waals surface area contributed by atoms with Crippen molar-refractivity contribution in [1.82, 2.24) is 25.0 Å². The lowest BCUT2D eigenvalue weighted by molar-refractivity contribution is 0.0445. The summed E-state index contributed by atoms with van der Waals surface area (Å²) in [5, 5.41) is 7.08. The number of urea groups is 1. The molecule has 1 aliphatic heterocycles. The maximum atomic E-state index is 12.3. The van der Waals surface area contributed by atoms with E-state index >= 15 is 0 Å². The average molecular weight is 309 g/mol. The molecule has 0 saturated carbocycles. The number of amides is 2. The summed E-state index contributed by atoms with van der Waals surface area (Å²) in [4.78, 5) is 18.1. The number of hydrogen-bond donors (Lipinski definition) is 1. The smallest absolute Gasteiger partial charge is 0.317 e. The van der Waals surface area contributed by atoms with Crippen LogP contribution < -0.4 is 5.32 Å². The Hall–Kier alpha value is -1.63. The van der Waals surface area contributed by atoms with E-state index in [9.17, 15) is 4.79 Å². The van der Waals surface area contributed by atoms with Gasteiger partial charge in [0, 0.05) is 25.7 Å². The van der Waals surface area contributed by atoms with Crippen LogP contribution in [0, 0.1) is 0 Å². The minimum absolute atomic E-state index is 0.00348. The summed E-state index contributed by atoms with van der Waals surface area (Å²) < 4.78 is 7.54. The quantitative estimate of drug-likeness (QED) is 0.867. The number of ether oxygens (including phenoxy) is 1. The van der Waals surface area contributed by atoms with Crippen molar-refractivity contribution < 1.29 is 9.53 Å². The van der Waals surface area contributed by atoms with Gasteiger partial charge >= 0.3 is 6.03 Å². The van der Waals surface area contributed by atoms with Gasteiger partial charge in [-0.2, -0.15) is 5.10 Å². The lowest BCUT2D eigenvalue weighted by atomic mass is 10.2. The van der Waals surface area contributed by atoms with Crippen molar-refractivity contribution in [3.63, 3.8) is 0 Å². The Labute approximate surface area is 132 Å². The van der Waals surface area contributed by atoms with Gasteiger partial charge in [0.25, 0.3) is 0 Å². The number of hydrogen-bond acceptors (Lipinski definition) is 4. The van der Waals surface area contributed by atoms with E-state index in [1.54, 1.807) is 11.0 Å². The van der Waals surface area contributed by atoms with Crippen molar-refractivity contribution >= 4 is 6.03 Å². The second kappa shape index (κ2) is 8.73. The maximum absolute atomic E-state index is 12.3. The number of nitrogens with one attached hydrogen (secondary N) is 1. The third-order valence-electron chi connectivity index (χ3n) is 3.82. The highest BCUT2D eigenvalue weighted by atomic mass is 16.5. The number of rotatable bonds is 6. The second-order valence-corrected chi connectivity index (χ2v) is 5.88. The predicted molar refractivity (Wildman–Crippen MR) is 83.5 cm³/mol. The van der Waals surface area contributed by atoms with Crippen LogP contribution in [0.2, 0.25) is 0 Å². The van der Waals surface area contributed by atoms with Crippen LogP contribution in [0.1, 0.15) is 39.5 Å². The van der Waals surface area contributed by atoms with E-state index < -0.39 is 0 Å². The van der Waals surface area contributed by atoms with Crippen LogP contribution in [0.15, 0.2) is 12.7 Å². The highest BCUT2D eigenvalue weighted by Gasteiger charge is 2.21. The first-order valence-electron chi connectivity index (χ1n) is 8.18. The van der Waals surface area contributed by atoms with Crippen LogP contribution in [0.4, 0.5) is 4.79 Å². The van der Waals surface area contributed by atoms with Crippen molar-refractivity contribution in [2.24, 2.45) is 0 Å². The first kappa shape index (κ1) is 16.7. The molecule has 1 saturated heterocycles. The predicted octanol–water partition coefficient (Wildman–Crippen LogP) is 1.66. The van der Waals surface area contributed by atoms with Crippen molar-refractivity contribution in [3.8, 4) is 0 Å². The molecule has 1 aliphatic rings. The average Bonchev–Trinajstić information content (AvgIpc) is 2.87. The molecule has 1 N–H and O–H groups in total. The van der Waals surface area contributed by atoms with Crippen LogP contribution in [0.25, 0.3) is 0 Å². The van der Waals surface area contributed by atoms with Gasteiger partial charge in [0.1, 0.15) is 12.7 Å². The Morgan fingerprint density at radius 1 is 1.45 bits per heavy atom. The lowest BCUT2D eigenvalue weighted by Crippen LogP contribution is -2.45. The maximum Gasteiger partial charge on any atom is 0.317 e. The lowest BCUT2D eigenvalue weighted by Gasteiger charge is -2.23. The highest BCUT2D eigenvalue weighted by molar-refractivity contribution is 5.74. The van der Waals surface area contributed by atoms with Gasteiger partial charge in [0.2, 0.25) is 0 Å². The van der Waals surface area contributed by atoms with Crippen molar-refractivity contribution in [1.29, 1.82) is 0 Å². The third-order valence-corrected chi connectivity index (χ3v) is 3.82. The molecule has 1 aromatic heterocycles. The zero-order valence-corrected chi connectivity index (χ0v) is 13.6. The fraction of sp³-hybridized carbons (Fsp3) is 0.800. The molecule has 124 valence electrons. The Bertz CT molecular complexity index is 437. The fourth-order valence-electron chi connectivity index (χ4n) is 2.68. The van der Waals surface area contributed by atoms with Gasteiger partial charge in [-0.1, -0.05) is 6.92 Å². The van der Waals surface area contributed by atoms with Gasteiger partial charge in [-0.15, -0.1) is 0 Å². The monoisotopic (exact) mass is 309 g/mol. The first-order valence-corrected chi connectivity index (χ1v) is 8.18. The molecule has 2 rings (SSSR count). The highest BCUT2D eigenvalue weighted by Crippen LogP contribution is 2.14. The Morgan fingerprint density at radius 3 is 3.05 bits per heavy atom. The number of likely N-dealkylation sites (tertiary alicyclic amines) is 1. The Kier molecular flexibility index (Phi) is 6.64. The van der Waals surface area contributed by atoms with Crippen LogP contribution >= 0.6 is 0 Å². The summed E-state index contributed by atoms with van der Waals surface area (Å²) in [5.41, 5.74) is 0. The fourth-order valence-corrected chi connectivity index (χ4v) is 2.68. The van der Waals surface area contributed by atoms with Gasteiger partial charge in [0.05, 0.1) is 12.6 Å². The van der Waals surface area contributed by atoms with Gasteiger partial charge in [-0.25, -0.2) is 9.78 Å². The van der Waals surface area contributed by atoms with E-state index in [1.165, 1.54) is 6.33 Å². The number of carbonyl (C=O) groups excluding carboxylic acids is 1. The first-order chi connectivity index (χ1) is 10.7. The molecular weight excluding hydrogens is 282 g/mol. The summed E-state index contributed by atoms with van der Waals surface area (Å²) in [6, 6.07) is 0.0216. The van der Waals surface area contributed by atoms with Crippen LogP contribution in [0.5, 0.6) is 0 Å². The number of carbonyl (C=O) groups is 1. The van der Waals surface area contributed by atoms with E-state index in [0.29, 0.717) is 12.6 Å². The van der Waals surface area contributed by atoms with Gasteiger partial charge < -0.3 is 15.0 Å². The molecule has 0 bridgehead atoms. The largest absolute Gasteiger partial charge is 0.378 e. The summed E-state index contributed by atoms with van der Waals surface area (Å²) in [5.74, 6) is 0. The molecule has 2 atom stereocenters. The van der Waals surface area contributed by atoms with Gasteiger partial charge in [-0.05, 0) is 32.6 Å². The zero-order valence-electron chi connectivity index (χ0n) is 13.6. The summed E-state index contributed by atoms with van der Waals surface area (Å²) in [6.45, 7) is 7.09. The molecule has 0 aliphatic carbocycles. The molecule has 22 heavy (non-hydrogen) atoms. The summed E-state index contributed by atoms with van der Waals surface area (Å²) in [7, 11) is 0. The van der Waals surface area contributed by atoms with Crippen LogP contribution in [-0.2, 0) is 11.3 Å². The molecule has 2 unspecified atom stereocenters. The molecule has 1 fully saturated rings. The summed E-state index contributed by atoms with van der Waals surface area (Å²) >= 11 is 0. The Morgan fingerprint density at radius 2 is 2.32 bits per heavy atom. The number of nitrogens with zero attached hydrogens (tertiary/aromatic N) is 4. The molecule has 0 aromatic carbocycles.